The first-order chi connectivity index (χ1) is 14.0. The van der Waals surface area contributed by atoms with Crippen LogP contribution in [0.25, 0.3) is 0 Å². The first kappa shape index (κ1) is 22.2. The largest absolute Gasteiger partial charge is 0.491 e. The molecule has 0 aliphatic heterocycles. The standard InChI is InChI=1S/C22H28N2O5/c1-16(2)29-20-12-10-18(11-13-20)17(3)23-28-14-19-8-6-7-9-21(19)24(15-26-4)22(25)27-5/h6-13,16H,14-15H2,1-5H3. The smallest absolute Gasteiger partial charge is 0.415 e. The molecule has 2 aromatic rings. The van der Waals surface area contributed by atoms with Crippen molar-refractivity contribution in [3.05, 3.63) is 59.7 Å². The van der Waals surface area contributed by atoms with Crippen molar-refractivity contribution in [1.29, 1.82) is 0 Å². The lowest BCUT2D eigenvalue weighted by molar-refractivity contribution is 0.129. The monoisotopic (exact) mass is 400 g/mol. The number of rotatable bonds is 9. The van der Waals surface area contributed by atoms with Gasteiger partial charge < -0.3 is 19.0 Å². The number of hydrogen-bond donors (Lipinski definition) is 0. The molecular weight excluding hydrogens is 372 g/mol. The normalized spacial score (nSPS) is 11.3. The number of oxime groups is 1. The highest BCUT2D eigenvalue weighted by Crippen LogP contribution is 2.22. The SMILES string of the molecule is COCN(C(=O)OC)c1ccccc1CON=C(C)c1ccc(OC(C)C)cc1. The van der Waals surface area contributed by atoms with E-state index >= 15 is 0 Å². The number of carbonyl (C=O) groups is 1. The molecule has 2 aromatic carbocycles. The van der Waals surface area contributed by atoms with Gasteiger partial charge in [0.1, 0.15) is 19.1 Å². The Morgan fingerprint density at radius 3 is 2.38 bits per heavy atom. The number of ether oxygens (including phenoxy) is 3. The summed E-state index contributed by atoms with van der Waals surface area (Å²) in [5.41, 5.74) is 3.10. The zero-order valence-electron chi connectivity index (χ0n) is 17.5. The molecule has 0 N–H and O–H groups in total. The van der Waals surface area contributed by atoms with Crippen LogP contribution in [0.4, 0.5) is 10.5 Å². The van der Waals surface area contributed by atoms with E-state index in [2.05, 4.69) is 5.16 Å². The van der Waals surface area contributed by atoms with E-state index < -0.39 is 6.09 Å². The number of anilines is 1. The Morgan fingerprint density at radius 1 is 1.07 bits per heavy atom. The zero-order valence-corrected chi connectivity index (χ0v) is 17.5. The molecule has 0 aromatic heterocycles. The summed E-state index contributed by atoms with van der Waals surface area (Å²) in [5.74, 6) is 0.812. The quantitative estimate of drug-likeness (QED) is 0.350. The Hall–Kier alpha value is -3.06. The summed E-state index contributed by atoms with van der Waals surface area (Å²) < 4.78 is 15.6. The lowest BCUT2D eigenvalue weighted by atomic mass is 10.1. The molecule has 156 valence electrons. The lowest BCUT2D eigenvalue weighted by Gasteiger charge is -2.22. The molecule has 0 saturated carbocycles. The van der Waals surface area contributed by atoms with Gasteiger partial charge in [-0.25, -0.2) is 4.79 Å². The number of benzene rings is 2. The lowest BCUT2D eigenvalue weighted by Crippen LogP contribution is -2.33. The minimum Gasteiger partial charge on any atom is -0.491 e. The van der Waals surface area contributed by atoms with Crippen LogP contribution in [0.5, 0.6) is 5.75 Å². The van der Waals surface area contributed by atoms with E-state index in [1.165, 1.54) is 19.1 Å². The molecule has 7 heteroatoms. The first-order valence-corrected chi connectivity index (χ1v) is 9.32. The van der Waals surface area contributed by atoms with Gasteiger partial charge in [0.05, 0.1) is 24.6 Å². The molecule has 7 nitrogen and oxygen atoms in total. The number of hydrogen-bond acceptors (Lipinski definition) is 6. The molecule has 1 amide bonds. The van der Waals surface area contributed by atoms with Gasteiger partial charge in [-0.2, -0.15) is 0 Å². The molecule has 0 unspecified atom stereocenters. The van der Waals surface area contributed by atoms with E-state index in [0.717, 1.165) is 22.6 Å². The molecule has 0 heterocycles. The van der Waals surface area contributed by atoms with Gasteiger partial charge in [0, 0.05) is 12.7 Å². The van der Waals surface area contributed by atoms with Crippen molar-refractivity contribution in [2.45, 2.75) is 33.5 Å². The maximum Gasteiger partial charge on any atom is 0.415 e. The van der Waals surface area contributed by atoms with Gasteiger partial charge in [0.15, 0.2) is 0 Å². The second-order valence-electron chi connectivity index (χ2n) is 6.59. The van der Waals surface area contributed by atoms with Crippen LogP contribution < -0.4 is 9.64 Å². The summed E-state index contributed by atoms with van der Waals surface area (Å²) in [6.45, 7) is 6.10. The number of carbonyl (C=O) groups excluding carboxylic acids is 1. The van der Waals surface area contributed by atoms with Gasteiger partial charge in [0.25, 0.3) is 0 Å². The van der Waals surface area contributed by atoms with E-state index in [9.17, 15) is 4.79 Å². The third-order valence-corrected chi connectivity index (χ3v) is 4.00. The Morgan fingerprint density at radius 2 is 1.76 bits per heavy atom. The van der Waals surface area contributed by atoms with Gasteiger partial charge in [-0.1, -0.05) is 23.4 Å². The van der Waals surface area contributed by atoms with Gasteiger partial charge in [-0.3, -0.25) is 4.90 Å². The summed E-state index contributed by atoms with van der Waals surface area (Å²) in [7, 11) is 2.84. The minimum atomic E-state index is -0.511. The summed E-state index contributed by atoms with van der Waals surface area (Å²) in [6, 6.07) is 15.1. The van der Waals surface area contributed by atoms with Crippen molar-refractivity contribution >= 4 is 17.5 Å². The van der Waals surface area contributed by atoms with Crippen LogP contribution in [0.1, 0.15) is 31.9 Å². The van der Waals surface area contributed by atoms with E-state index in [1.54, 1.807) is 6.07 Å². The van der Waals surface area contributed by atoms with E-state index in [1.807, 2.05) is 63.2 Å². The Kier molecular flexibility index (Phi) is 8.48. The average Bonchev–Trinajstić information content (AvgIpc) is 2.72. The van der Waals surface area contributed by atoms with Gasteiger partial charge in [0.2, 0.25) is 0 Å². The molecule has 0 fully saturated rings. The summed E-state index contributed by atoms with van der Waals surface area (Å²) in [6.07, 6.45) is -0.385. The molecule has 2 rings (SSSR count). The van der Waals surface area contributed by atoms with Crippen molar-refractivity contribution in [3.8, 4) is 5.75 Å². The molecule has 0 aliphatic rings. The van der Waals surface area contributed by atoms with Crippen molar-refractivity contribution in [3.63, 3.8) is 0 Å². The van der Waals surface area contributed by atoms with Gasteiger partial charge in [-0.05, 0) is 56.7 Å². The van der Waals surface area contributed by atoms with Crippen LogP contribution in [0.2, 0.25) is 0 Å². The molecule has 0 aliphatic carbocycles. The Labute approximate surface area is 171 Å². The highest BCUT2D eigenvalue weighted by atomic mass is 16.6. The predicted octanol–water partition coefficient (Wildman–Crippen LogP) is 4.59. The topological polar surface area (TPSA) is 69.6 Å². The predicted molar refractivity (Wildman–Crippen MR) is 112 cm³/mol. The summed E-state index contributed by atoms with van der Waals surface area (Å²) >= 11 is 0. The maximum atomic E-state index is 12.1. The van der Waals surface area contributed by atoms with Gasteiger partial charge >= 0.3 is 6.09 Å². The Balaban J connectivity index is 2.08. The molecule has 0 saturated heterocycles. The van der Waals surface area contributed by atoms with Crippen LogP contribution in [0.3, 0.4) is 0 Å². The molecular formula is C22H28N2O5. The number of nitrogens with zero attached hydrogens (tertiary/aromatic N) is 2. The van der Waals surface area contributed by atoms with Crippen LogP contribution in [0.15, 0.2) is 53.7 Å². The molecule has 29 heavy (non-hydrogen) atoms. The fourth-order valence-corrected chi connectivity index (χ4v) is 2.65. The summed E-state index contributed by atoms with van der Waals surface area (Å²) in [4.78, 5) is 19.0. The Bertz CT molecular complexity index is 818. The fourth-order valence-electron chi connectivity index (χ4n) is 2.65. The number of para-hydroxylation sites is 1. The van der Waals surface area contributed by atoms with E-state index in [4.69, 9.17) is 19.0 Å². The molecule has 0 bridgehead atoms. The van der Waals surface area contributed by atoms with Crippen molar-refractivity contribution in [2.24, 2.45) is 5.16 Å². The average molecular weight is 400 g/mol. The molecule has 0 spiro atoms. The van der Waals surface area contributed by atoms with Crippen molar-refractivity contribution in [1.82, 2.24) is 0 Å². The maximum absolute atomic E-state index is 12.1. The molecule has 0 radical (unpaired) electrons. The number of amides is 1. The van der Waals surface area contributed by atoms with Gasteiger partial charge in [-0.15, -0.1) is 0 Å². The zero-order chi connectivity index (χ0) is 21.2. The first-order valence-electron chi connectivity index (χ1n) is 9.32. The number of methoxy groups -OCH3 is 2. The van der Waals surface area contributed by atoms with Crippen LogP contribution in [0, 0.1) is 0 Å². The molecule has 0 atom stereocenters. The summed E-state index contributed by atoms with van der Waals surface area (Å²) in [5, 5.41) is 4.20. The highest BCUT2D eigenvalue weighted by molar-refractivity contribution is 5.98. The van der Waals surface area contributed by atoms with Crippen molar-refractivity contribution in [2.75, 3.05) is 25.9 Å². The third kappa shape index (κ3) is 6.50. The minimum absolute atomic E-state index is 0.0662. The second kappa shape index (κ2) is 11.1. The fraction of sp³-hybridized carbons (Fsp3) is 0.364. The van der Waals surface area contributed by atoms with Crippen LogP contribution >= 0.6 is 0 Å². The van der Waals surface area contributed by atoms with E-state index in [-0.39, 0.29) is 19.4 Å². The van der Waals surface area contributed by atoms with Crippen LogP contribution in [-0.2, 0) is 20.9 Å². The second-order valence-corrected chi connectivity index (χ2v) is 6.59. The van der Waals surface area contributed by atoms with E-state index in [0.29, 0.717) is 5.69 Å². The highest BCUT2D eigenvalue weighted by Gasteiger charge is 2.19. The van der Waals surface area contributed by atoms with Crippen molar-refractivity contribution < 1.29 is 23.8 Å². The van der Waals surface area contributed by atoms with Crippen LogP contribution in [-0.4, -0.2) is 38.9 Å². The third-order valence-electron chi connectivity index (χ3n) is 4.00.